The molecular formula is C10H17NO. The van der Waals surface area contributed by atoms with E-state index in [4.69, 9.17) is 12.2 Å². The van der Waals surface area contributed by atoms with Crippen molar-refractivity contribution >= 4 is 5.78 Å². The minimum atomic E-state index is -0.0975. The highest BCUT2D eigenvalue weighted by Crippen LogP contribution is 2.09. The van der Waals surface area contributed by atoms with E-state index in [0.29, 0.717) is 0 Å². The Bertz CT molecular complexity index is 179. The van der Waals surface area contributed by atoms with Crippen LogP contribution in [0.2, 0.25) is 0 Å². The third-order valence-corrected chi connectivity index (χ3v) is 1.89. The molecule has 68 valence electrons. The van der Waals surface area contributed by atoms with Crippen LogP contribution in [0, 0.1) is 18.3 Å². The molecule has 2 unspecified atom stereocenters. The van der Waals surface area contributed by atoms with Gasteiger partial charge in [-0.25, -0.2) is 0 Å². The van der Waals surface area contributed by atoms with Gasteiger partial charge in [-0.1, -0.05) is 13.3 Å². The second-order valence-electron chi connectivity index (χ2n) is 3.32. The number of Topliss-reactive ketones (excluding diaryl/α,β-unsaturated/α-hetero) is 1. The zero-order valence-electron chi connectivity index (χ0n) is 7.84. The summed E-state index contributed by atoms with van der Waals surface area (Å²) < 4.78 is 0. The molecule has 0 amide bonds. The van der Waals surface area contributed by atoms with Crippen LogP contribution in [0.4, 0.5) is 0 Å². The van der Waals surface area contributed by atoms with E-state index in [1.165, 1.54) is 0 Å². The molecule has 0 aliphatic carbocycles. The topological polar surface area (TPSA) is 43.1 Å². The van der Waals surface area contributed by atoms with E-state index in [1.807, 2.05) is 13.8 Å². The van der Waals surface area contributed by atoms with Crippen molar-refractivity contribution in [2.45, 2.75) is 39.2 Å². The summed E-state index contributed by atoms with van der Waals surface area (Å²) in [5.41, 5.74) is 5.56. The van der Waals surface area contributed by atoms with Gasteiger partial charge in [0.05, 0.1) is 0 Å². The van der Waals surface area contributed by atoms with Gasteiger partial charge in [-0.05, 0) is 25.7 Å². The number of hydrogen-bond donors (Lipinski definition) is 1. The Balaban J connectivity index is 3.52. The van der Waals surface area contributed by atoms with Crippen molar-refractivity contribution in [2.24, 2.45) is 11.7 Å². The van der Waals surface area contributed by atoms with E-state index < -0.39 is 0 Å². The molecule has 0 heterocycles. The molecule has 0 aromatic carbocycles. The Hall–Kier alpha value is -0.810. The molecule has 0 saturated carbocycles. The molecule has 0 aromatic rings. The summed E-state index contributed by atoms with van der Waals surface area (Å²) in [6, 6.07) is 0.220. The molecule has 0 bridgehead atoms. The number of hydrogen-bond acceptors (Lipinski definition) is 2. The minimum absolute atomic E-state index is 0.00579. The van der Waals surface area contributed by atoms with E-state index in [-0.39, 0.29) is 17.7 Å². The average molecular weight is 167 g/mol. The summed E-state index contributed by atoms with van der Waals surface area (Å²) >= 11 is 0. The van der Waals surface area contributed by atoms with Crippen molar-refractivity contribution in [1.82, 2.24) is 0 Å². The molecule has 0 aliphatic heterocycles. The fraction of sp³-hybridized carbons (Fsp3) is 0.700. The molecule has 2 heteroatoms. The molecule has 2 N–H and O–H groups in total. The Morgan fingerprint density at radius 1 is 1.50 bits per heavy atom. The highest BCUT2D eigenvalue weighted by Gasteiger charge is 2.09. The lowest BCUT2D eigenvalue weighted by molar-refractivity contribution is -0.117. The van der Waals surface area contributed by atoms with Crippen LogP contribution < -0.4 is 5.73 Å². The molecule has 2 atom stereocenters. The second kappa shape index (κ2) is 5.79. The largest absolute Gasteiger partial charge is 0.328 e. The first-order chi connectivity index (χ1) is 5.57. The lowest BCUT2D eigenvalue weighted by atomic mass is 9.98. The first kappa shape index (κ1) is 11.2. The molecule has 0 aliphatic rings. The summed E-state index contributed by atoms with van der Waals surface area (Å²) in [4.78, 5) is 10.9. The summed E-state index contributed by atoms with van der Waals surface area (Å²) in [5, 5.41) is 0. The fourth-order valence-corrected chi connectivity index (χ4v) is 1.02. The molecular weight excluding hydrogens is 150 g/mol. The van der Waals surface area contributed by atoms with Crippen LogP contribution in [-0.4, -0.2) is 11.8 Å². The normalized spacial score (nSPS) is 14.8. The van der Waals surface area contributed by atoms with Gasteiger partial charge >= 0.3 is 0 Å². The monoisotopic (exact) mass is 167 g/mol. The lowest BCUT2D eigenvalue weighted by Gasteiger charge is -2.07. The first-order valence-electron chi connectivity index (χ1n) is 4.34. The average Bonchev–Trinajstić information content (AvgIpc) is 2.02. The van der Waals surface area contributed by atoms with Crippen LogP contribution in [-0.2, 0) is 4.79 Å². The molecule has 12 heavy (non-hydrogen) atoms. The Kier molecular flexibility index (Phi) is 5.40. The molecule has 0 aromatic heterocycles. The van der Waals surface area contributed by atoms with E-state index in [2.05, 4.69) is 5.92 Å². The quantitative estimate of drug-likeness (QED) is 0.496. The summed E-state index contributed by atoms with van der Waals surface area (Å²) in [7, 11) is 0. The predicted octanol–water partition coefficient (Wildman–Crippen LogP) is 1.34. The number of nitrogens with two attached hydrogens (primary N) is 1. The maximum atomic E-state index is 10.9. The van der Waals surface area contributed by atoms with Gasteiger partial charge in [-0.15, -0.1) is 6.42 Å². The molecule has 0 fully saturated rings. The van der Waals surface area contributed by atoms with Gasteiger partial charge in [0.15, 0.2) is 0 Å². The standard InChI is InChI=1S/C10H17NO/c1-4-10(12)8(2)6-5-7-9(3)11/h1,8-9H,5-7,11H2,2-3H3. The smallest absolute Gasteiger partial charge is 0.207 e. The molecule has 0 spiro atoms. The Morgan fingerprint density at radius 3 is 2.50 bits per heavy atom. The SMILES string of the molecule is C#CC(=O)C(C)CCCC(C)N. The predicted molar refractivity (Wildman–Crippen MR) is 50.5 cm³/mol. The van der Waals surface area contributed by atoms with Crippen molar-refractivity contribution in [3.05, 3.63) is 0 Å². The summed E-state index contributed by atoms with van der Waals surface area (Å²) in [6.45, 7) is 3.83. The van der Waals surface area contributed by atoms with Crippen molar-refractivity contribution < 1.29 is 4.79 Å². The van der Waals surface area contributed by atoms with Gasteiger partial charge in [-0.2, -0.15) is 0 Å². The summed E-state index contributed by atoms with van der Waals surface area (Å²) in [5.74, 6) is 2.03. The number of ketones is 1. The molecule has 0 rings (SSSR count). The highest BCUT2D eigenvalue weighted by molar-refractivity contribution is 5.96. The zero-order chi connectivity index (χ0) is 9.56. The summed E-state index contributed by atoms with van der Waals surface area (Å²) in [6.07, 6.45) is 7.77. The van der Waals surface area contributed by atoms with Crippen LogP contribution in [0.1, 0.15) is 33.1 Å². The van der Waals surface area contributed by atoms with Gasteiger partial charge in [0, 0.05) is 12.0 Å². The van der Waals surface area contributed by atoms with Gasteiger partial charge in [-0.3, -0.25) is 4.79 Å². The van der Waals surface area contributed by atoms with Crippen LogP contribution in [0.5, 0.6) is 0 Å². The second-order valence-corrected chi connectivity index (χ2v) is 3.32. The Morgan fingerprint density at radius 2 is 2.08 bits per heavy atom. The number of terminal acetylenes is 1. The van der Waals surface area contributed by atoms with Gasteiger partial charge in [0.1, 0.15) is 0 Å². The number of rotatable bonds is 5. The van der Waals surface area contributed by atoms with Crippen LogP contribution in [0.3, 0.4) is 0 Å². The van der Waals surface area contributed by atoms with E-state index in [1.54, 1.807) is 0 Å². The fourth-order valence-electron chi connectivity index (χ4n) is 1.02. The molecule has 0 radical (unpaired) electrons. The van der Waals surface area contributed by atoms with Gasteiger partial charge in [0.25, 0.3) is 0 Å². The maximum Gasteiger partial charge on any atom is 0.207 e. The number of carbonyl (C=O) groups excluding carboxylic acids is 1. The van der Waals surface area contributed by atoms with Crippen LogP contribution in [0.25, 0.3) is 0 Å². The van der Waals surface area contributed by atoms with Crippen LogP contribution >= 0.6 is 0 Å². The van der Waals surface area contributed by atoms with Crippen LogP contribution in [0.15, 0.2) is 0 Å². The van der Waals surface area contributed by atoms with Crippen molar-refractivity contribution in [1.29, 1.82) is 0 Å². The van der Waals surface area contributed by atoms with Gasteiger partial charge in [0.2, 0.25) is 5.78 Å². The lowest BCUT2D eigenvalue weighted by Crippen LogP contribution is -2.15. The van der Waals surface area contributed by atoms with Gasteiger partial charge < -0.3 is 5.73 Å². The first-order valence-corrected chi connectivity index (χ1v) is 4.34. The van der Waals surface area contributed by atoms with E-state index in [9.17, 15) is 4.79 Å². The Labute approximate surface area is 74.5 Å². The van der Waals surface area contributed by atoms with Crippen molar-refractivity contribution in [2.75, 3.05) is 0 Å². The third-order valence-electron chi connectivity index (χ3n) is 1.89. The molecule has 2 nitrogen and oxygen atoms in total. The number of carbonyl (C=O) groups is 1. The maximum absolute atomic E-state index is 10.9. The minimum Gasteiger partial charge on any atom is -0.328 e. The van der Waals surface area contributed by atoms with Crippen molar-refractivity contribution in [3.63, 3.8) is 0 Å². The molecule has 0 saturated heterocycles. The van der Waals surface area contributed by atoms with E-state index >= 15 is 0 Å². The van der Waals surface area contributed by atoms with Crippen molar-refractivity contribution in [3.8, 4) is 12.3 Å². The zero-order valence-corrected chi connectivity index (χ0v) is 7.84. The van der Waals surface area contributed by atoms with E-state index in [0.717, 1.165) is 19.3 Å². The highest BCUT2D eigenvalue weighted by atomic mass is 16.1. The third kappa shape index (κ3) is 4.92.